The second kappa shape index (κ2) is 10.1. The second-order valence-corrected chi connectivity index (χ2v) is 8.87. The number of nitrogens with zero attached hydrogens (tertiary/aromatic N) is 4. The van der Waals surface area contributed by atoms with Crippen LogP contribution in [0, 0.1) is 6.92 Å². The van der Waals surface area contributed by atoms with Gasteiger partial charge in [0.25, 0.3) is 11.5 Å². The zero-order valence-electron chi connectivity index (χ0n) is 19.3. The first kappa shape index (κ1) is 24.4. The lowest BCUT2D eigenvalue weighted by atomic mass is 9.94. The first-order valence-corrected chi connectivity index (χ1v) is 11.1. The van der Waals surface area contributed by atoms with E-state index in [2.05, 4.69) is 10.4 Å². The minimum atomic E-state index is -0.912. The van der Waals surface area contributed by atoms with E-state index in [0.29, 0.717) is 24.0 Å². The molecule has 2 aromatic rings. The summed E-state index contributed by atoms with van der Waals surface area (Å²) in [6.07, 6.45) is 6.30. The Morgan fingerprint density at radius 1 is 1.15 bits per heavy atom. The highest BCUT2D eigenvalue weighted by molar-refractivity contribution is 5.96. The van der Waals surface area contributed by atoms with Crippen LogP contribution >= 0.6 is 0 Å². The van der Waals surface area contributed by atoms with Crippen LogP contribution in [0.1, 0.15) is 54.4 Å². The summed E-state index contributed by atoms with van der Waals surface area (Å²) in [5.41, 5.74) is -1.07. The zero-order chi connectivity index (χ0) is 24.2. The molecule has 0 spiro atoms. The summed E-state index contributed by atoms with van der Waals surface area (Å²) >= 11 is 0. The van der Waals surface area contributed by atoms with Crippen molar-refractivity contribution in [1.29, 1.82) is 0 Å². The van der Waals surface area contributed by atoms with Crippen molar-refractivity contribution in [3.8, 4) is 5.69 Å². The molecule has 0 atom stereocenters. The number of aromatic nitrogens is 3. The van der Waals surface area contributed by atoms with Gasteiger partial charge >= 0.3 is 5.69 Å². The summed E-state index contributed by atoms with van der Waals surface area (Å²) in [5, 5.41) is 17.6. The number of likely N-dealkylation sites (N-methyl/N-ethyl adjacent to an activating group) is 1. The molecule has 0 aliphatic heterocycles. The Bertz CT molecular complexity index is 1140. The fraction of sp³-hybridized carbons (Fsp3) is 0.522. The molecule has 1 heterocycles. The molecule has 33 heavy (non-hydrogen) atoms. The van der Waals surface area contributed by atoms with Crippen molar-refractivity contribution in [3.05, 3.63) is 56.4 Å². The van der Waals surface area contributed by atoms with E-state index in [1.165, 1.54) is 25.1 Å². The fourth-order valence-electron chi connectivity index (χ4n) is 3.92. The molecular weight excluding hydrogens is 426 g/mol. The lowest BCUT2D eigenvalue weighted by Gasteiger charge is -2.27. The molecule has 1 aliphatic rings. The molecule has 2 N–H and O–H groups in total. The molecule has 1 aromatic carbocycles. The molecule has 3 rings (SSSR count). The van der Waals surface area contributed by atoms with Gasteiger partial charge in [0.15, 0.2) is 0 Å². The van der Waals surface area contributed by atoms with Gasteiger partial charge < -0.3 is 15.3 Å². The van der Waals surface area contributed by atoms with Gasteiger partial charge in [0.1, 0.15) is 12.7 Å². The molecule has 178 valence electrons. The predicted molar refractivity (Wildman–Crippen MR) is 123 cm³/mol. The van der Waals surface area contributed by atoms with Crippen LogP contribution in [0.3, 0.4) is 0 Å². The van der Waals surface area contributed by atoms with Gasteiger partial charge in [0, 0.05) is 26.2 Å². The lowest BCUT2D eigenvalue weighted by Crippen LogP contribution is -2.44. The molecule has 0 bridgehead atoms. The maximum absolute atomic E-state index is 12.9. The van der Waals surface area contributed by atoms with Gasteiger partial charge in [-0.25, -0.2) is 9.36 Å². The SMILES string of the molecule is Cc1ccc(-n2ncc(=O)n(CC(=O)N(C)C)c2=O)cc1C(=O)NCC1(O)CCCCCC1. The van der Waals surface area contributed by atoms with E-state index in [-0.39, 0.29) is 18.1 Å². The van der Waals surface area contributed by atoms with E-state index in [9.17, 15) is 24.3 Å². The number of carbonyl (C=O) groups excluding carboxylic acids is 2. The molecular formula is C23H31N5O5. The summed E-state index contributed by atoms with van der Waals surface area (Å²) in [6, 6.07) is 4.81. The Morgan fingerprint density at radius 3 is 2.45 bits per heavy atom. The van der Waals surface area contributed by atoms with Crippen LogP contribution in [0.2, 0.25) is 0 Å². The normalized spacial score (nSPS) is 15.5. The van der Waals surface area contributed by atoms with Gasteiger partial charge in [-0.05, 0) is 37.5 Å². The number of nitrogens with one attached hydrogen (secondary N) is 1. The maximum atomic E-state index is 12.9. The molecule has 0 saturated heterocycles. The minimum Gasteiger partial charge on any atom is -0.388 e. The highest BCUT2D eigenvalue weighted by Crippen LogP contribution is 2.26. The van der Waals surface area contributed by atoms with E-state index in [1.807, 2.05) is 0 Å². The van der Waals surface area contributed by atoms with Crippen LogP contribution in [-0.4, -0.2) is 62.4 Å². The van der Waals surface area contributed by atoms with E-state index in [0.717, 1.165) is 41.1 Å². The van der Waals surface area contributed by atoms with Crippen molar-refractivity contribution in [3.63, 3.8) is 0 Å². The topological polar surface area (TPSA) is 127 Å². The Hall–Kier alpha value is -3.27. The summed E-state index contributed by atoms with van der Waals surface area (Å²) in [4.78, 5) is 51.2. The lowest BCUT2D eigenvalue weighted by molar-refractivity contribution is -0.129. The number of amides is 2. The third kappa shape index (κ3) is 5.75. The number of benzene rings is 1. The van der Waals surface area contributed by atoms with Crippen molar-refractivity contribution in [2.45, 2.75) is 57.6 Å². The average Bonchev–Trinajstić information content (AvgIpc) is 3.00. The molecule has 2 amide bonds. The number of hydrogen-bond acceptors (Lipinski definition) is 6. The molecule has 1 fully saturated rings. The van der Waals surface area contributed by atoms with E-state index in [4.69, 9.17) is 0 Å². The number of aryl methyl sites for hydroxylation is 1. The van der Waals surface area contributed by atoms with E-state index in [1.54, 1.807) is 19.1 Å². The van der Waals surface area contributed by atoms with Crippen molar-refractivity contribution < 1.29 is 14.7 Å². The Morgan fingerprint density at radius 2 is 1.82 bits per heavy atom. The molecule has 10 nitrogen and oxygen atoms in total. The first-order valence-electron chi connectivity index (χ1n) is 11.1. The van der Waals surface area contributed by atoms with Crippen molar-refractivity contribution in [2.75, 3.05) is 20.6 Å². The minimum absolute atomic E-state index is 0.158. The van der Waals surface area contributed by atoms with E-state index >= 15 is 0 Å². The summed E-state index contributed by atoms with van der Waals surface area (Å²) in [7, 11) is 3.06. The van der Waals surface area contributed by atoms with Crippen LogP contribution in [-0.2, 0) is 11.3 Å². The first-order chi connectivity index (χ1) is 15.6. The third-order valence-electron chi connectivity index (χ3n) is 6.08. The van der Waals surface area contributed by atoms with Crippen LogP contribution in [0.15, 0.2) is 34.0 Å². The third-order valence-corrected chi connectivity index (χ3v) is 6.08. The molecule has 1 aliphatic carbocycles. The van der Waals surface area contributed by atoms with Gasteiger partial charge in [-0.3, -0.25) is 14.4 Å². The Labute approximate surface area is 191 Å². The van der Waals surface area contributed by atoms with Crippen molar-refractivity contribution >= 4 is 11.8 Å². The molecule has 0 unspecified atom stereocenters. The quantitative estimate of drug-likeness (QED) is 0.612. The number of aliphatic hydroxyl groups is 1. The summed E-state index contributed by atoms with van der Waals surface area (Å²) < 4.78 is 1.79. The van der Waals surface area contributed by atoms with Crippen LogP contribution in [0.25, 0.3) is 5.69 Å². The molecule has 1 saturated carbocycles. The molecule has 1 aromatic heterocycles. The van der Waals surface area contributed by atoms with Gasteiger partial charge in [-0.1, -0.05) is 31.7 Å². The standard InChI is InChI=1S/C23H31N5O5/c1-16-8-9-17(28-22(32)27(19(29)13-25-28)14-20(30)26(2)3)12-18(16)21(31)24-15-23(33)10-6-4-5-7-11-23/h8-9,12-13,33H,4-7,10-11,14-15H2,1-3H3,(H,24,31). The zero-order valence-corrected chi connectivity index (χ0v) is 19.3. The largest absolute Gasteiger partial charge is 0.388 e. The van der Waals surface area contributed by atoms with Crippen molar-refractivity contribution in [2.24, 2.45) is 0 Å². The Kier molecular flexibility index (Phi) is 7.47. The van der Waals surface area contributed by atoms with Gasteiger partial charge in [-0.15, -0.1) is 0 Å². The van der Waals surface area contributed by atoms with Crippen LogP contribution < -0.4 is 16.6 Å². The summed E-state index contributed by atoms with van der Waals surface area (Å²) in [6.45, 7) is 1.52. The maximum Gasteiger partial charge on any atom is 0.352 e. The van der Waals surface area contributed by atoms with E-state index < -0.39 is 29.3 Å². The molecule has 10 heteroatoms. The predicted octanol–water partition coefficient (Wildman–Crippen LogP) is 0.606. The van der Waals surface area contributed by atoms with Crippen molar-refractivity contribution in [1.82, 2.24) is 24.6 Å². The Balaban J connectivity index is 1.87. The highest BCUT2D eigenvalue weighted by Gasteiger charge is 2.28. The number of carbonyl (C=O) groups is 2. The van der Waals surface area contributed by atoms with Crippen LogP contribution in [0.5, 0.6) is 0 Å². The molecule has 0 radical (unpaired) electrons. The fourth-order valence-corrected chi connectivity index (χ4v) is 3.92. The second-order valence-electron chi connectivity index (χ2n) is 8.87. The monoisotopic (exact) mass is 457 g/mol. The highest BCUT2D eigenvalue weighted by atomic mass is 16.3. The number of rotatable bonds is 6. The van der Waals surface area contributed by atoms with Gasteiger partial charge in [0.05, 0.1) is 11.3 Å². The smallest absolute Gasteiger partial charge is 0.352 e. The van der Waals surface area contributed by atoms with Gasteiger partial charge in [0.2, 0.25) is 5.91 Å². The van der Waals surface area contributed by atoms with Gasteiger partial charge in [-0.2, -0.15) is 9.78 Å². The average molecular weight is 458 g/mol. The number of hydrogen-bond donors (Lipinski definition) is 2. The van der Waals surface area contributed by atoms with Crippen LogP contribution in [0.4, 0.5) is 0 Å². The summed E-state index contributed by atoms with van der Waals surface area (Å²) in [5.74, 6) is -0.774.